The third-order valence-electron chi connectivity index (χ3n) is 1.88. The minimum atomic E-state index is -0.977. The van der Waals surface area contributed by atoms with Gasteiger partial charge < -0.3 is 9.90 Å². The summed E-state index contributed by atoms with van der Waals surface area (Å²) in [6, 6.07) is 6.97. The maximum atomic E-state index is 10.8. The summed E-state index contributed by atoms with van der Waals surface area (Å²) in [5, 5.41) is 8.87. The van der Waals surface area contributed by atoms with Crippen LogP contribution in [0.3, 0.4) is 0 Å². The first-order valence-electron chi connectivity index (χ1n) is 4.07. The van der Waals surface area contributed by atoms with Crippen LogP contribution < -0.4 is 0 Å². The molecule has 74 valence electrons. The van der Waals surface area contributed by atoms with Gasteiger partial charge in [0.2, 0.25) is 0 Å². The van der Waals surface area contributed by atoms with E-state index in [0.717, 1.165) is 4.47 Å². The fourth-order valence-electron chi connectivity index (χ4n) is 1.20. The molecule has 0 aromatic heterocycles. The molecular formula is C10H9BrO3. The van der Waals surface area contributed by atoms with E-state index >= 15 is 0 Å². The maximum absolute atomic E-state index is 10.8. The van der Waals surface area contributed by atoms with Gasteiger partial charge in [0.15, 0.2) is 0 Å². The zero-order chi connectivity index (χ0) is 10.6. The predicted octanol–water partition coefficient (Wildman–Crippen LogP) is 2.21. The van der Waals surface area contributed by atoms with Crippen LogP contribution in [0.4, 0.5) is 0 Å². The quantitative estimate of drug-likeness (QED) is 0.841. The number of hydrogen-bond donors (Lipinski definition) is 1. The molecule has 0 heterocycles. The molecule has 0 radical (unpaired) electrons. The van der Waals surface area contributed by atoms with Gasteiger partial charge in [0.1, 0.15) is 6.29 Å². The van der Waals surface area contributed by atoms with Gasteiger partial charge in [-0.15, -0.1) is 0 Å². The number of carbonyl (C=O) groups is 2. The second-order valence-corrected chi connectivity index (χ2v) is 3.76. The minimum absolute atomic E-state index is 0.00574. The highest BCUT2D eigenvalue weighted by Crippen LogP contribution is 2.22. The average Bonchev–Trinajstić information content (AvgIpc) is 2.13. The largest absolute Gasteiger partial charge is 0.481 e. The minimum Gasteiger partial charge on any atom is -0.481 e. The average molecular weight is 257 g/mol. The Morgan fingerprint density at radius 3 is 2.79 bits per heavy atom. The van der Waals surface area contributed by atoms with Gasteiger partial charge in [-0.2, -0.15) is 0 Å². The molecule has 1 N–H and O–H groups in total. The molecule has 0 aliphatic heterocycles. The molecule has 0 aliphatic carbocycles. The molecule has 1 rings (SSSR count). The summed E-state index contributed by atoms with van der Waals surface area (Å²) in [4.78, 5) is 21.1. The molecule has 3 nitrogen and oxygen atoms in total. The van der Waals surface area contributed by atoms with Crippen molar-refractivity contribution in [1.82, 2.24) is 0 Å². The van der Waals surface area contributed by atoms with Crippen LogP contribution in [0.2, 0.25) is 0 Å². The summed E-state index contributed by atoms with van der Waals surface area (Å²) in [5.41, 5.74) is 0.638. The molecule has 1 atom stereocenters. The van der Waals surface area contributed by atoms with Gasteiger partial charge >= 0.3 is 5.97 Å². The summed E-state index contributed by atoms with van der Waals surface area (Å²) in [6.07, 6.45) is 0.630. The van der Waals surface area contributed by atoms with Gasteiger partial charge in [-0.05, 0) is 17.7 Å². The summed E-state index contributed by atoms with van der Waals surface area (Å²) >= 11 is 3.25. The van der Waals surface area contributed by atoms with Crippen molar-refractivity contribution in [3.8, 4) is 0 Å². The van der Waals surface area contributed by atoms with E-state index in [1.807, 2.05) is 6.07 Å². The second-order valence-electron chi connectivity index (χ2n) is 2.85. The first kappa shape index (κ1) is 10.9. The monoisotopic (exact) mass is 256 g/mol. The standard InChI is InChI=1S/C10H9BrO3/c11-8-3-1-2-7(6-8)9(4-5-12)10(13)14/h1-3,5-6,9H,4H2,(H,13,14). The van der Waals surface area contributed by atoms with E-state index in [-0.39, 0.29) is 6.42 Å². The predicted molar refractivity (Wildman–Crippen MR) is 55.2 cm³/mol. The second kappa shape index (κ2) is 4.91. The molecule has 0 saturated carbocycles. The van der Waals surface area contributed by atoms with Gasteiger partial charge in [0.05, 0.1) is 5.92 Å². The van der Waals surface area contributed by atoms with Gasteiger partial charge in [0, 0.05) is 10.9 Å². The van der Waals surface area contributed by atoms with Crippen LogP contribution in [-0.2, 0) is 9.59 Å². The van der Waals surface area contributed by atoms with Gasteiger partial charge in [-0.1, -0.05) is 28.1 Å². The van der Waals surface area contributed by atoms with Crippen molar-refractivity contribution >= 4 is 28.2 Å². The summed E-state index contributed by atoms with van der Waals surface area (Å²) in [7, 11) is 0. The van der Waals surface area contributed by atoms with Crippen molar-refractivity contribution in [2.75, 3.05) is 0 Å². The van der Waals surface area contributed by atoms with Crippen LogP contribution in [0.15, 0.2) is 28.7 Å². The number of aldehydes is 1. The lowest BCUT2D eigenvalue weighted by Gasteiger charge is -2.09. The van der Waals surface area contributed by atoms with Crippen LogP contribution in [0.25, 0.3) is 0 Å². The Bertz CT molecular complexity index is 349. The van der Waals surface area contributed by atoms with Gasteiger partial charge in [-0.25, -0.2) is 0 Å². The highest BCUT2D eigenvalue weighted by Gasteiger charge is 2.18. The Morgan fingerprint density at radius 1 is 1.57 bits per heavy atom. The number of benzene rings is 1. The number of hydrogen-bond acceptors (Lipinski definition) is 2. The summed E-state index contributed by atoms with van der Waals surface area (Å²) in [6.45, 7) is 0. The maximum Gasteiger partial charge on any atom is 0.311 e. The lowest BCUT2D eigenvalue weighted by Crippen LogP contribution is -2.11. The van der Waals surface area contributed by atoms with E-state index < -0.39 is 11.9 Å². The summed E-state index contributed by atoms with van der Waals surface area (Å²) in [5.74, 6) is -1.72. The fraction of sp³-hybridized carbons (Fsp3) is 0.200. The zero-order valence-corrected chi connectivity index (χ0v) is 8.90. The van der Waals surface area contributed by atoms with E-state index in [4.69, 9.17) is 5.11 Å². The molecule has 14 heavy (non-hydrogen) atoms. The van der Waals surface area contributed by atoms with Crippen molar-refractivity contribution < 1.29 is 14.7 Å². The highest BCUT2D eigenvalue weighted by molar-refractivity contribution is 9.10. The topological polar surface area (TPSA) is 54.4 Å². The Labute approximate surface area is 89.9 Å². The lowest BCUT2D eigenvalue weighted by atomic mass is 9.97. The molecule has 4 heteroatoms. The van der Waals surface area contributed by atoms with Crippen LogP contribution in [0.1, 0.15) is 17.9 Å². The first-order chi connectivity index (χ1) is 6.65. The van der Waals surface area contributed by atoms with E-state index in [9.17, 15) is 9.59 Å². The molecular weight excluding hydrogens is 248 g/mol. The smallest absolute Gasteiger partial charge is 0.311 e. The number of aliphatic carboxylic acids is 1. The normalized spacial score (nSPS) is 12.1. The van der Waals surface area contributed by atoms with Crippen LogP contribution in [0.5, 0.6) is 0 Å². The Kier molecular flexibility index (Phi) is 3.83. The Morgan fingerprint density at radius 2 is 2.29 bits per heavy atom. The number of halogens is 1. The van der Waals surface area contributed by atoms with E-state index in [0.29, 0.717) is 11.8 Å². The Balaban J connectivity index is 2.98. The number of rotatable bonds is 4. The number of carbonyl (C=O) groups excluding carboxylic acids is 1. The van der Waals surface area contributed by atoms with Crippen molar-refractivity contribution in [2.45, 2.75) is 12.3 Å². The number of carboxylic acids is 1. The van der Waals surface area contributed by atoms with Gasteiger partial charge in [-0.3, -0.25) is 4.79 Å². The van der Waals surface area contributed by atoms with Crippen molar-refractivity contribution in [2.24, 2.45) is 0 Å². The first-order valence-corrected chi connectivity index (χ1v) is 4.86. The lowest BCUT2D eigenvalue weighted by molar-refractivity contribution is -0.139. The van der Waals surface area contributed by atoms with E-state index in [1.165, 1.54) is 0 Å². The number of carboxylic acid groups (broad SMARTS) is 1. The van der Waals surface area contributed by atoms with Crippen molar-refractivity contribution in [3.63, 3.8) is 0 Å². The summed E-state index contributed by atoms with van der Waals surface area (Å²) < 4.78 is 0.812. The molecule has 1 aromatic rings. The van der Waals surface area contributed by atoms with E-state index in [1.54, 1.807) is 18.2 Å². The third kappa shape index (κ3) is 2.67. The van der Waals surface area contributed by atoms with Gasteiger partial charge in [0.25, 0.3) is 0 Å². The molecule has 0 amide bonds. The van der Waals surface area contributed by atoms with Crippen LogP contribution in [0, 0.1) is 0 Å². The molecule has 0 spiro atoms. The molecule has 0 saturated heterocycles. The van der Waals surface area contributed by atoms with Crippen molar-refractivity contribution in [3.05, 3.63) is 34.3 Å². The molecule has 1 unspecified atom stereocenters. The molecule has 0 aliphatic rings. The highest BCUT2D eigenvalue weighted by atomic mass is 79.9. The van der Waals surface area contributed by atoms with Crippen LogP contribution in [-0.4, -0.2) is 17.4 Å². The SMILES string of the molecule is O=CCC(C(=O)O)c1cccc(Br)c1. The Hall–Kier alpha value is -1.16. The van der Waals surface area contributed by atoms with Crippen LogP contribution >= 0.6 is 15.9 Å². The molecule has 1 aromatic carbocycles. The fourth-order valence-corrected chi connectivity index (χ4v) is 1.62. The molecule has 0 fully saturated rings. The molecule has 0 bridgehead atoms. The third-order valence-corrected chi connectivity index (χ3v) is 2.37. The zero-order valence-electron chi connectivity index (χ0n) is 7.31. The van der Waals surface area contributed by atoms with Crippen molar-refractivity contribution in [1.29, 1.82) is 0 Å². The van der Waals surface area contributed by atoms with E-state index in [2.05, 4.69) is 15.9 Å².